The van der Waals surface area contributed by atoms with E-state index in [2.05, 4.69) is 10.5 Å². The number of aromatic nitrogens is 1. The molecule has 0 aliphatic heterocycles. The van der Waals surface area contributed by atoms with Gasteiger partial charge in [-0.1, -0.05) is 37.0 Å². The van der Waals surface area contributed by atoms with E-state index in [1.807, 2.05) is 44.4 Å². The van der Waals surface area contributed by atoms with E-state index in [0.717, 1.165) is 22.6 Å². The van der Waals surface area contributed by atoms with E-state index in [4.69, 9.17) is 23.2 Å². The van der Waals surface area contributed by atoms with Crippen LogP contribution in [0.1, 0.15) is 37.2 Å². The molecule has 1 N–H and O–H groups in total. The van der Waals surface area contributed by atoms with Gasteiger partial charge in [-0.3, -0.25) is 4.79 Å². The molecule has 1 amide bonds. The molecule has 0 radical (unpaired) electrons. The van der Waals surface area contributed by atoms with Crippen molar-refractivity contribution in [3.8, 4) is 5.69 Å². The van der Waals surface area contributed by atoms with Crippen LogP contribution in [0.4, 0.5) is 0 Å². The number of benzene rings is 1. The molecule has 0 unspecified atom stereocenters. The third-order valence-electron chi connectivity index (χ3n) is 3.61. The van der Waals surface area contributed by atoms with E-state index in [0.29, 0.717) is 22.4 Å². The lowest BCUT2D eigenvalue weighted by Gasteiger charge is -2.12. The van der Waals surface area contributed by atoms with E-state index >= 15 is 0 Å². The zero-order chi connectivity index (χ0) is 17.9. The third kappa shape index (κ3) is 4.40. The highest BCUT2D eigenvalue weighted by atomic mass is 35.5. The highest BCUT2D eigenvalue weighted by molar-refractivity contribution is 6.34. The van der Waals surface area contributed by atoms with E-state index in [-0.39, 0.29) is 5.91 Å². The predicted molar refractivity (Wildman–Crippen MR) is 100 cm³/mol. The quantitative estimate of drug-likeness (QED) is 0.594. The Bertz CT molecular complexity index is 779. The highest BCUT2D eigenvalue weighted by Crippen LogP contribution is 2.28. The summed E-state index contributed by atoms with van der Waals surface area (Å²) in [6.07, 6.45) is 2.10. The number of nitrogens with zero attached hydrogens (tertiary/aromatic N) is 2. The minimum Gasteiger partial charge on any atom is -0.316 e. The number of halogens is 2. The van der Waals surface area contributed by atoms with Crippen LogP contribution in [0.25, 0.3) is 5.69 Å². The third-order valence-corrected chi connectivity index (χ3v) is 4.16. The molecule has 1 aromatic carbocycles. The van der Waals surface area contributed by atoms with E-state index in [1.54, 1.807) is 18.3 Å². The maximum atomic E-state index is 11.6. The monoisotopic (exact) mass is 365 g/mol. The first kappa shape index (κ1) is 18.6. The van der Waals surface area contributed by atoms with Crippen molar-refractivity contribution >= 4 is 35.3 Å². The lowest BCUT2D eigenvalue weighted by Crippen LogP contribution is -2.19. The van der Waals surface area contributed by atoms with E-state index in [9.17, 15) is 4.79 Å². The van der Waals surface area contributed by atoms with Crippen LogP contribution in [0.15, 0.2) is 29.4 Å². The van der Waals surface area contributed by atoms with Crippen molar-refractivity contribution in [2.45, 2.75) is 34.1 Å². The van der Waals surface area contributed by atoms with Crippen molar-refractivity contribution in [3.05, 3.63) is 51.3 Å². The van der Waals surface area contributed by atoms with E-state index in [1.165, 1.54) is 0 Å². The summed E-state index contributed by atoms with van der Waals surface area (Å²) in [5, 5.41) is 5.29. The number of nitrogens with one attached hydrogen (secondary N) is 1. The van der Waals surface area contributed by atoms with Crippen LogP contribution in [0.2, 0.25) is 10.0 Å². The smallest absolute Gasteiger partial charge is 0.240 e. The Morgan fingerprint density at radius 3 is 2.67 bits per heavy atom. The van der Waals surface area contributed by atoms with Crippen molar-refractivity contribution in [1.29, 1.82) is 0 Å². The minimum atomic E-state index is -0.0899. The molecule has 6 heteroatoms. The van der Waals surface area contributed by atoms with Crippen LogP contribution in [-0.4, -0.2) is 16.7 Å². The number of rotatable bonds is 5. The van der Waals surface area contributed by atoms with Gasteiger partial charge in [0.05, 0.1) is 16.9 Å². The maximum Gasteiger partial charge on any atom is 0.240 e. The van der Waals surface area contributed by atoms with Gasteiger partial charge in [0.2, 0.25) is 5.91 Å². The molecule has 4 nitrogen and oxygen atoms in total. The number of amides is 1. The molecule has 0 atom stereocenters. The summed E-state index contributed by atoms with van der Waals surface area (Å²) in [6.45, 7) is 7.94. The number of aryl methyl sites for hydroxylation is 1. The molecule has 0 spiro atoms. The van der Waals surface area contributed by atoms with Gasteiger partial charge in [-0.25, -0.2) is 5.43 Å². The van der Waals surface area contributed by atoms with Crippen LogP contribution < -0.4 is 5.43 Å². The Morgan fingerprint density at radius 1 is 1.29 bits per heavy atom. The van der Waals surface area contributed by atoms with Gasteiger partial charge in [0, 0.05) is 28.4 Å². The van der Waals surface area contributed by atoms with Crippen LogP contribution in [0, 0.1) is 19.8 Å². The molecule has 0 aliphatic carbocycles. The van der Waals surface area contributed by atoms with Gasteiger partial charge < -0.3 is 4.57 Å². The highest BCUT2D eigenvalue weighted by Gasteiger charge is 2.12. The van der Waals surface area contributed by atoms with Crippen molar-refractivity contribution in [2.75, 3.05) is 0 Å². The second kappa shape index (κ2) is 7.86. The Kier molecular flexibility index (Phi) is 6.08. The van der Waals surface area contributed by atoms with Crippen molar-refractivity contribution < 1.29 is 4.79 Å². The number of hydrogen-bond donors (Lipinski definition) is 1. The fourth-order valence-electron chi connectivity index (χ4n) is 2.54. The lowest BCUT2D eigenvalue weighted by molar-refractivity contribution is -0.121. The fraction of sp³-hybridized carbons (Fsp3) is 0.333. The van der Waals surface area contributed by atoms with Gasteiger partial charge in [-0.2, -0.15) is 5.10 Å². The molecule has 1 heterocycles. The summed E-state index contributed by atoms with van der Waals surface area (Å²) in [6, 6.07) is 7.35. The molecule has 0 bridgehead atoms. The van der Waals surface area contributed by atoms with Crippen LogP contribution in [-0.2, 0) is 4.79 Å². The van der Waals surface area contributed by atoms with Gasteiger partial charge in [0.25, 0.3) is 0 Å². The first-order valence-electron chi connectivity index (χ1n) is 7.76. The van der Waals surface area contributed by atoms with Crippen LogP contribution in [0.5, 0.6) is 0 Å². The van der Waals surface area contributed by atoms with Crippen LogP contribution >= 0.6 is 23.2 Å². The normalized spacial score (nSPS) is 11.5. The fourth-order valence-corrected chi connectivity index (χ4v) is 2.90. The van der Waals surface area contributed by atoms with Gasteiger partial charge in [0.15, 0.2) is 0 Å². The van der Waals surface area contributed by atoms with Crippen molar-refractivity contribution in [2.24, 2.45) is 11.0 Å². The zero-order valence-corrected chi connectivity index (χ0v) is 15.7. The zero-order valence-electron chi connectivity index (χ0n) is 14.2. The predicted octanol–water partition coefficient (Wildman–Crippen LogP) is 4.90. The minimum absolute atomic E-state index is 0.0899. The largest absolute Gasteiger partial charge is 0.316 e. The number of hydrazone groups is 1. The standard InChI is InChI=1S/C18H21Cl2N3O/c1-11(2)7-18(24)22-21-10-14-8-12(3)23(13(14)4)17-9-15(19)5-6-16(17)20/h5-6,8-11H,7H2,1-4H3,(H,22,24)/b21-10-. The maximum absolute atomic E-state index is 11.6. The topological polar surface area (TPSA) is 46.4 Å². The summed E-state index contributed by atoms with van der Waals surface area (Å²) in [4.78, 5) is 11.6. The molecule has 0 saturated heterocycles. The molecular weight excluding hydrogens is 345 g/mol. The molecule has 24 heavy (non-hydrogen) atoms. The van der Waals surface area contributed by atoms with E-state index < -0.39 is 0 Å². The van der Waals surface area contributed by atoms with Gasteiger partial charge in [0.1, 0.15) is 0 Å². The first-order chi connectivity index (χ1) is 11.3. The average Bonchev–Trinajstić information content (AvgIpc) is 2.75. The first-order valence-corrected chi connectivity index (χ1v) is 8.51. The Balaban J connectivity index is 2.26. The molecule has 2 aromatic rings. The SMILES string of the molecule is Cc1cc(/C=N\NC(=O)CC(C)C)c(C)n1-c1cc(Cl)ccc1Cl. The van der Waals surface area contributed by atoms with Crippen LogP contribution in [0.3, 0.4) is 0 Å². The number of hydrogen-bond acceptors (Lipinski definition) is 2. The summed E-state index contributed by atoms with van der Waals surface area (Å²) >= 11 is 12.4. The van der Waals surface area contributed by atoms with Crippen molar-refractivity contribution in [3.63, 3.8) is 0 Å². The Morgan fingerprint density at radius 2 is 2.00 bits per heavy atom. The molecular formula is C18H21Cl2N3O. The molecule has 1 aromatic heterocycles. The summed E-state index contributed by atoms with van der Waals surface area (Å²) in [5.41, 5.74) is 6.26. The molecule has 0 saturated carbocycles. The molecule has 128 valence electrons. The summed E-state index contributed by atoms with van der Waals surface area (Å²) in [5.74, 6) is 0.211. The van der Waals surface area contributed by atoms with Crippen molar-refractivity contribution in [1.82, 2.24) is 9.99 Å². The van der Waals surface area contributed by atoms with Gasteiger partial charge >= 0.3 is 0 Å². The Labute approximate surface area is 152 Å². The lowest BCUT2D eigenvalue weighted by atomic mass is 10.1. The second-order valence-electron chi connectivity index (χ2n) is 6.15. The summed E-state index contributed by atoms with van der Waals surface area (Å²) < 4.78 is 2.02. The van der Waals surface area contributed by atoms with Gasteiger partial charge in [-0.05, 0) is 44.0 Å². The summed E-state index contributed by atoms with van der Waals surface area (Å²) in [7, 11) is 0. The average molecular weight is 366 g/mol. The number of carbonyl (C=O) groups is 1. The second-order valence-corrected chi connectivity index (χ2v) is 6.99. The molecule has 0 fully saturated rings. The number of carbonyl (C=O) groups excluding carboxylic acids is 1. The molecule has 2 rings (SSSR count). The van der Waals surface area contributed by atoms with Gasteiger partial charge in [-0.15, -0.1) is 0 Å². The molecule has 0 aliphatic rings. The Hall–Kier alpha value is -1.78.